The SMILES string of the molecule is COc1ccc(C(C)(C)c2ccccc2)cc1C(=C=Nc1c(C)cccc1C)c1cc(C(C)(C)c2ccccc2)ccc1OC. The van der Waals surface area contributed by atoms with Crippen LogP contribution in [-0.2, 0) is 10.8 Å². The number of hydrogen-bond acceptors (Lipinski definition) is 3. The summed E-state index contributed by atoms with van der Waals surface area (Å²) in [6.07, 6.45) is 0. The number of rotatable bonds is 9. The summed E-state index contributed by atoms with van der Waals surface area (Å²) in [5.74, 6) is 5.01. The second-order valence-electron chi connectivity index (χ2n) is 12.7. The maximum absolute atomic E-state index is 6.02. The second-order valence-corrected chi connectivity index (χ2v) is 12.7. The van der Waals surface area contributed by atoms with E-state index in [0.29, 0.717) is 0 Å². The first kappa shape index (κ1) is 31.6. The molecule has 5 aromatic rings. The molecule has 0 saturated heterocycles. The fourth-order valence-electron chi connectivity index (χ4n) is 5.99. The molecule has 0 radical (unpaired) electrons. The average Bonchev–Trinajstić information content (AvgIpc) is 3.06. The number of methoxy groups -OCH3 is 2. The highest BCUT2D eigenvalue weighted by Crippen LogP contribution is 2.42. The lowest BCUT2D eigenvalue weighted by Crippen LogP contribution is -2.19. The summed E-state index contributed by atoms with van der Waals surface area (Å²) in [6, 6.07) is 40.3. The van der Waals surface area contributed by atoms with Gasteiger partial charge in [0.2, 0.25) is 0 Å². The van der Waals surface area contributed by atoms with Crippen LogP contribution in [0.3, 0.4) is 0 Å². The number of nitrogens with zero attached hydrogens (tertiary/aromatic N) is 1. The fraction of sp³-hybridized carbons (Fsp3) is 0.238. The van der Waals surface area contributed by atoms with Crippen molar-refractivity contribution < 1.29 is 9.47 Å². The maximum atomic E-state index is 6.02. The Balaban J connectivity index is 1.81. The van der Waals surface area contributed by atoms with E-state index in [-0.39, 0.29) is 10.8 Å². The average molecular weight is 594 g/mol. The largest absolute Gasteiger partial charge is 0.496 e. The van der Waals surface area contributed by atoms with Crippen LogP contribution in [0.15, 0.2) is 120 Å². The van der Waals surface area contributed by atoms with E-state index in [4.69, 9.17) is 14.5 Å². The zero-order valence-corrected chi connectivity index (χ0v) is 27.7. The number of para-hydroxylation sites is 1. The lowest BCUT2D eigenvalue weighted by molar-refractivity contribution is 0.411. The fourth-order valence-corrected chi connectivity index (χ4v) is 5.99. The summed E-state index contributed by atoms with van der Waals surface area (Å²) >= 11 is 0. The summed E-state index contributed by atoms with van der Waals surface area (Å²) in [6.45, 7) is 13.2. The molecule has 0 atom stereocenters. The van der Waals surface area contributed by atoms with Gasteiger partial charge >= 0.3 is 0 Å². The summed E-state index contributed by atoms with van der Waals surface area (Å²) in [5, 5.41) is 0. The monoisotopic (exact) mass is 593 g/mol. The minimum atomic E-state index is -0.252. The number of ether oxygens (including phenoxy) is 2. The van der Waals surface area contributed by atoms with Crippen molar-refractivity contribution >= 4 is 17.1 Å². The van der Waals surface area contributed by atoms with Crippen molar-refractivity contribution in [3.63, 3.8) is 0 Å². The first-order valence-corrected chi connectivity index (χ1v) is 15.5. The van der Waals surface area contributed by atoms with Crippen molar-refractivity contribution in [3.05, 3.63) is 160 Å². The summed E-state index contributed by atoms with van der Waals surface area (Å²) in [7, 11) is 3.43. The van der Waals surface area contributed by atoms with Crippen LogP contribution in [0.2, 0.25) is 0 Å². The first-order valence-electron chi connectivity index (χ1n) is 15.5. The maximum Gasteiger partial charge on any atom is 0.127 e. The van der Waals surface area contributed by atoms with E-state index < -0.39 is 0 Å². The van der Waals surface area contributed by atoms with E-state index in [0.717, 1.165) is 56.1 Å². The Kier molecular flexibility index (Phi) is 9.14. The Hall–Kier alpha value is -4.85. The zero-order valence-electron chi connectivity index (χ0n) is 27.7. The molecule has 0 N–H and O–H groups in total. The van der Waals surface area contributed by atoms with Gasteiger partial charge in [0, 0.05) is 22.0 Å². The van der Waals surface area contributed by atoms with Crippen LogP contribution in [0.1, 0.15) is 72.2 Å². The summed E-state index contributed by atoms with van der Waals surface area (Å²) in [4.78, 5) is 5.01. The van der Waals surface area contributed by atoms with Gasteiger partial charge < -0.3 is 9.47 Å². The molecule has 0 aromatic heterocycles. The molecule has 3 heteroatoms. The second kappa shape index (κ2) is 13.0. The highest BCUT2D eigenvalue weighted by atomic mass is 16.5. The topological polar surface area (TPSA) is 30.8 Å². The minimum absolute atomic E-state index is 0.252. The number of aryl methyl sites for hydroxylation is 2. The molecule has 0 aliphatic rings. The van der Waals surface area contributed by atoms with Crippen LogP contribution in [0, 0.1) is 13.8 Å². The van der Waals surface area contributed by atoms with E-state index in [1.54, 1.807) is 14.2 Å². The van der Waals surface area contributed by atoms with Gasteiger partial charge in [-0.15, -0.1) is 0 Å². The first-order chi connectivity index (χ1) is 21.6. The van der Waals surface area contributed by atoms with Crippen LogP contribution in [0.5, 0.6) is 11.5 Å². The molecule has 0 heterocycles. The van der Waals surface area contributed by atoms with Crippen molar-refractivity contribution in [2.75, 3.05) is 14.2 Å². The van der Waals surface area contributed by atoms with Crippen molar-refractivity contribution in [1.29, 1.82) is 0 Å². The quantitative estimate of drug-likeness (QED) is 0.159. The minimum Gasteiger partial charge on any atom is -0.496 e. The molecule has 0 aliphatic heterocycles. The van der Waals surface area contributed by atoms with Gasteiger partial charge in [0.05, 0.1) is 25.5 Å². The molecule has 228 valence electrons. The van der Waals surface area contributed by atoms with Crippen molar-refractivity contribution in [2.24, 2.45) is 4.99 Å². The smallest absolute Gasteiger partial charge is 0.127 e. The molecule has 0 unspecified atom stereocenters. The normalized spacial score (nSPS) is 11.5. The van der Waals surface area contributed by atoms with E-state index in [2.05, 4.69) is 163 Å². The number of benzene rings is 5. The Morgan fingerprint density at radius 1 is 0.533 bits per heavy atom. The Morgan fingerprint density at radius 2 is 0.956 bits per heavy atom. The lowest BCUT2D eigenvalue weighted by Gasteiger charge is -2.28. The predicted octanol–water partition coefficient (Wildman–Crippen LogP) is 10.4. The third kappa shape index (κ3) is 6.36. The van der Waals surface area contributed by atoms with E-state index in [1.165, 1.54) is 11.1 Å². The molecule has 5 rings (SSSR count). The molecule has 0 bridgehead atoms. The summed E-state index contributed by atoms with van der Waals surface area (Å²) in [5.41, 5.74) is 10.0. The molecule has 45 heavy (non-hydrogen) atoms. The molecule has 5 aromatic carbocycles. The molecule has 0 fully saturated rings. The van der Waals surface area contributed by atoms with Crippen molar-refractivity contribution in [2.45, 2.75) is 52.4 Å². The molecule has 0 spiro atoms. The van der Waals surface area contributed by atoms with Crippen LogP contribution in [0.25, 0.3) is 5.57 Å². The highest BCUT2D eigenvalue weighted by Gasteiger charge is 2.28. The molecular formula is C42H43NO2. The van der Waals surface area contributed by atoms with Crippen LogP contribution < -0.4 is 9.47 Å². The molecule has 0 amide bonds. The van der Waals surface area contributed by atoms with Gasteiger partial charge in [-0.2, -0.15) is 0 Å². The van der Waals surface area contributed by atoms with Gasteiger partial charge in [0.15, 0.2) is 0 Å². The van der Waals surface area contributed by atoms with E-state index in [9.17, 15) is 0 Å². The standard InChI is InChI=1S/C42H43NO2/c1-29-16-15-17-30(2)40(29)43-28-37(35-26-33(22-24-38(35)44-7)41(3,4)31-18-11-9-12-19-31)36-27-34(23-25-39(36)45-8)42(5,6)32-20-13-10-14-21-32/h9-27H,1-8H3. The number of aliphatic imine (C=N–C) groups is 1. The number of hydrogen-bond donors (Lipinski definition) is 0. The van der Waals surface area contributed by atoms with Crippen LogP contribution in [0.4, 0.5) is 5.69 Å². The van der Waals surface area contributed by atoms with Crippen molar-refractivity contribution in [3.8, 4) is 11.5 Å². The van der Waals surface area contributed by atoms with E-state index >= 15 is 0 Å². The molecule has 0 aliphatic carbocycles. The summed E-state index contributed by atoms with van der Waals surface area (Å²) < 4.78 is 12.0. The Bertz CT molecular complexity index is 1740. The lowest BCUT2D eigenvalue weighted by atomic mass is 9.76. The van der Waals surface area contributed by atoms with Crippen LogP contribution in [-0.4, -0.2) is 20.1 Å². The van der Waals surface area contributed by atoms with E-state index in [1.807, 2.05) is 0 Å². The predicted molar refractivity (Wildman–Crippen MR) is 189 cm³/mol. The highest BCUT2D eigenvalue weighted by molar-refractivity contribution is 6.02. The van der Waals surface area contributed by atoms with Crippen molar-refractivity contribution in [1.82, 2.24) is 0 Å². The van der Waals surface area contributed by atoms with Crippen LogP contribution >= 0.6 is 0 Å². The molecule has 3 nitrogen and oxygen atoms in total. The van der Waals surface area contributed by atoms with Gasteiger partial charge in [-0.25, -0.2) is 4.99 Å². The van der Waals surface area contributed by atoms with Gasteiger partial charge in [0.25, 0.3) is 0 Å². The molecular weight excluding hydrogens is 550 g/mol. The third-order valence-corrected chi connectivity index (χ3v) is 9.09. The van der Waals surface area contributed by atoms with Gasteiger partial charge in [-0.3, -0.25) is 0 Å². The molecule has 0 saturated carbocycles. The zero-order chi connectivity index (χ0) is 32.2. The van der Waals surface area contributed by atoms with Gasteiger partial charge in [-0.05, 0) is 77.4 Å². The van der Waals surface area contributed by atoms with Gasteiger partial charge in [0.1, 0.15) is 11.5 Å². The Labute approximate surface area is 268 Å². The Morgan fingerprint density at radius 3 is 1.36 bits per heavy atom. The third-order valence-electron chi connectivity index (χ3n) is 9.09. The van der Waals surface area contributed by atoms with Gasteiger partial charge in [-0.1, -0.05) is 119 Å².